The molecule has 1 aromatic heterocycles. The van der Waals surface area contributed by atoms with Crippen LogP contribution in [0.2, 0.25) is 0 Å². The number of ether oxygens (including phenoxy) is 1. The third kappa shape index (κ3) is 2.70. The molecule has 0 aromatic carbocycles. The lowest BCUT2D eigenvalue weighted by atomic mass is 10.4. The average Bonchev–Trinajstić information content (AvgIpc) is 2.11. The monoisotopic (exact) mass is 183 g/mol. The second-order valence-electron chi connectivity index (χ2n) is 2.22. The van der Waals surface area contributed by atoms with Crippen molar-refractivity contribution in [1.29, 1.82) is 0 Å². The van der Waals surface area contributed by atoms with Crippen molar-refractivity contribution in [3.63, 3.8) is 0 Å². The highest BCUT2D eigenvalue weighted by Gasteiger charge is 2.00. The highest BCUT2D eigenvalue weighted by atomic mass is 19.1. The van der Waals surface area contributed by atoms with Gasteiger partial charge in [-0.05, 0) is 6.92 Å². The molecular formula is C8H10FN3O. The predicted octanol–water partition coefficient (Wildman–Crippen LogP) is 1.21. The van der Waals surface area contributed by atoms with Crippen LogP contribution in [-0.2, 0) is 4.74 Å². The van der Waals surface area contributed by atoms with Crippen LogP contribution in [0.15, 0.2) is 12.5 Å². The van der Waals surface area contributed by atoms with Crippen LogP contribution in [-0.4, -0.2) is 16.6 Å². The van der Waals surface area contributed by atoms with Gasteiger partial charge in [0.1, 0.15) is 5.69 Å². The van der Waals surface area contributed by atoms with Gasteiger partial charge in [0, 0.05) is 6.08 Å². The summed E-state index contributed by atoms with van der Waals surface area (Å²) >= 11 is 0. The van der Waals surface area contributed by atoms with Crippen LogP contribution in [0.1, 0.15) is 12.6 Å². The van der Waals surface area contributed by atoms with E-state index in [0.29, 0.717) is 6.61 Å². The lowest BCUT2D eigenvalue weighted by molar-refractivity contribution is 0.272. The van der Waals surface area contributed by atoms with Gasteiger partial charge >= 0.3 is 0 Å². The zero-order valence-corrected chi connectivity index (χ0v) is 7.20. The van der Waals surface area contributed by atoms with Gasteiger partial charge in [-0.25, -0.2) is 14.4 Å². The minimum atomic E-state index is -0.523. The predicted molar refractivity (Wildman–Crippen MR) is 47.1 cm³/mol. The standard InChI is InChI=1S/C8H10FN3O/c1-2-13-4-3-7-6(9)5-11-8(10)12-7/h3-5H,2H2,1H3,(H2,10,11,12). The quantitative estimate of drug-likeness (QED) is 0.715. The molecule has 70 valence electrons. The van der Waals surface area contributed by atoms with Crippen LogP contribution < -0.4 is 5.73 Å². The van der Waals surface area contributed by atoms with Crippen LogP contribution in [0.25, 0.3) is 6.08 Å². The maximum Gasteiger partial charge on any atom is 0.220 e. The van der Waals surface area contributed by atoms with E-state index in [2.05, 4.69) is 9.97 Å². The summed E-state index contributed by atoms with van der Waals surface area (Å²) in [4.78, 5) is 7.15. The fraction of sp³-hybridized carbons (Fsp3) is 0.250. The molecule has 0 saturated carbocycles. The van der Waals surface area contributed by atoms with Gasteiger partial charge in [0.05, 0.1) is 19.1 Å². The zero-order chi connectivity index (χ0) is 9.68. The minimum Gasteiger partial charge on any atom is -0.501 e. The first-order valence-electron chi connectivity index (χ1n) is 3.80. The fourth-order valence-electron chi connectivity index (χ4n) is 0.720. The minimum absolute atomic E-state index is 0.0394. The van der Waals surface area contributed by atoms with E-state index in [-0.39, 0.29) is 11.6 Å². The van der Waals surface area contributed by atoms with Crippen LogP contribution in [0.3, 0.4) is 0 Å². The molecule has 2 N–H and O–H groups in total. The lowest BCUT2D eigenvalue weighted by Gasteiger charge is -1.97. The second-order valence-corrected chi connectivity index (χ2v) is 2.22. The van der Waals surface area contributed by atoms with Gasteiger partial charge in [0.15, 0.2) is 5.82 Å². The van der Waals surface area contributed by atoms with Crippen LogP contribution >= 0.6 is 0 Å². The lowest BCUT2D eigenvalue weighted by Crippen LogP contribution is -1.98. The van der Waals surface area contributed by atoms with Crippen LogP contribution in [0.4, 0.5) is 10.3 Å². The maximum atomic E-state index is 12.9. The number of hydrogen-bond acceptors (Lipinski definition) is 4. The average molecular weight is 183 g/mol. The highest BCUT2D eigenvalue weighted by Crippen LogP contribution is 2.05. The first-order valence-corrected chi connectivity index (χ1v) is 3.80. The van der Waals surface area contributed by atoms with Crippen molar-refractivity contribution >= 4 is 12.0 Å². The molecule has 0 aliphatic rings. The van der Waals surface area contributed by atoms with Gasteiger partial charge in [-0.1, -0.05) is 0 Å². The van der Waals surface area contributed by atoms with Crippen LogP contribution in [0, 0.1) is 5.82 Å². The molecule has 0 fully saturated rings. The van der Waals surface area contributed by atoms with E-state index in [1.807, 2.05) is 6.92 Å². The summed E-state index contributed by atoms with van der Waals surface area (Å²) in [5, 5.41) is 0. The Morgan fingerprint density at radius 1 is 1.69 bits per heavy atom. The Hall–Kier alpha value is -1.65. The molecule has 0 radical (unpaired) electrons. The van der Waals surface area contributed by atoms with E-state index >= 15 is 0 Å². The third-order valence-corrected chi connectivity index (χ3v) is 1.28. The maximum absolute atomic E-state index is 12.9. The van der Waals surface area contributed by atoms with E-state index in [9.17, 15) is 4.39 Å². The summed E-state index contributed by atoms with van der Waals surface area (Å²) in [6.45, 7) is 2.35. The number of nitrogens with zero attached hydrogens (tertiary/aromatic N) is 2. The number of hydrogen-bond donors (Lipinski definition) is 1. The summed E-state index contributed by atoms with van der Waals surface area (Å²) in [6.07, 6.45) is 3.79. The Bertz CT molecular complexity index is 314. The van der Waals surface area contributed by atoms with E-state index in [1.54, 1.807) is 0 Å². The van der Waals surface area contributed by atoms with Gasteiger partial charge in [-0.15, -0.1) is 0 Å². The number of rotatable bonds is 3. The summed E-state index contributed by atoms with van der Waals surface area (Å²) in [5.41, 5.74) is 5.39. The Balaban J connectivity index is 2.81. The molecule has 13 heavy (non-hydrogen) atoms. The van der Waals surface area contributed by atoms with E-state index < -0.39 is 5.82 Å². The van der Waals surface area contributed by atoms with Crippen molar-refractivity contribution in [2.45, 2.75) is 6.92 Å². The molecule has 0 unspecified atom stereocenters. The molecule has 5 heteroatoms. The summed E-state index contributed by atoms with van der Waals surface area (Å²) in [6, 6.07) is 0. The zero-order valence-electron chi connectivity index (χ0n) is 7.20. The molecule has 1 heterocycles. The highest BCUT2D eigenvalue weighted by molar-refractivity contribution is 5.45. The summed E-state index contributed by atoms with van der Waals surface area (Å²) < 4.78 is 17.8. The molecule has 4 nitrogen and oxygen atoms in total. The van der Waals surface area contributed by atoms with Gasteiger partial charge in [-0.2, -0.15) is 0 Å². The van der Waals surface area contributed by atoms with Gasteiger partial charge in [0.2, 0.25) is 5.95 Å². The Labute approximate surface area is 75.3 Å². The SMILES string of the molecule is CCOC=Cc1nc(N)ncc1F. The molecule has 0 atom stereocenters. The van der Waals surface area contributed by atoms with Crippen molar-refractivity contribution in [3.05, 3.63) is 24.0 Å². The van der Waals surface area contributed by atoms with Crippen molar-refractivity contribution < 1.29 is 9.13 Å². The van der Waals surface area contributed by atoms with Gasteiger partial charge in [-0.3, -0.25) is 0 Å². The molecule has 0 amide bonds. The number of halogens is 1. The van der Waals surface area contributed by atoms with Crippen molar-refractivity contribution in [2.75, 3.05) is 12.3 Å². The largest absolute Gasteiger partial charge is 0.501 e. The number of nitrogen functional groups attached to an aromatic ring is 1. The summed E-state index contributed by atoms with van der Waals surface area (Å²) in [7, 11) is 0. The first kappa shape index (κ1) is 9.44. The number of nitrogens with two attached hydrogens (primary N) is 1. The molecular weight excluding hydrogens is 173 g/mol. The summed E-state index contributed by atoms with van der Waals surface area (Å²) in [5.74, 6) is -0.484. The molecule has 0 spiro atoms. The normalized spacial score (nSPS) is 10.6. The Morgan fingerprint density at radius 2 is 2.46 bits per heavy atom. The molecule has 0 aliphatic heterocycles. The third-order valence-electron chi connectivity index (χ3n) is 1.28. The first-order chi connectivity index (χ1) is 6.24. The fourth-order valence-corrected chi connectivity index (χ4v) is 0.720. The molecule has 0 aliphatic carbocycles. The Kier molecular flexibility index (Phi) is 3.19. The number of anilines is 1. The van der Waals surface area contributed by atoms with Crippen molar-refractivity contribution in [2.24, 2.45) is 0 Å². The number of aromatic nitrogens is 2. The smallest absolute Gasteiger partial charge is 0.220 e. The molecule has 1 aromatic rings. The van der Waals surface area contributed by atoms with E-state index in [0.717, 1.165) is 6.20 Å². The van der Waals surface area contributed by atoms with Crippen molar-refractivity contribution in [3.8, 4) is 0 Å². The molecule has 0 saturated heterocycles. The van der Waals surface area contributed by atoms with Crippen LogP contribution in [0.5, 0.6) is 0 Å². The van der Waals surface area contributed by atoms with E-state index in [4.69, 9.17) is 10.5 Å². The van der Waals surface area contributed by atoms with Gasteiger partial charge < -0.3 is 10.5 Å². The topological polar surface area (TPSA) is 61.0 Å². The molecule has 1 rings (SSSR count). The Morgan fingerprint density at radius 3 is 3.15 bits per heavy atom. The van der Waals surface area contributed by atoms with E-state index in [1.165, 1.54) is 12.3 Å². The molecule has 0 bridgehead atoms. The second kappa shape index (κ2) is 4.39. The van der Waals surface area contributed by atoms with Crippen molar-refractivity contribution in [1.82, 2.24) is 9.97 Å². The van der Waals surface area contributed by atoms with Gasteiger partial charge in [0.25, 0.3) is 0 Å².